The van der Waals surface area contributed by atoms with Crippen molar-refractivity contribution in [1.29, 1.82) is 0 Å². The number of aromatic nitrogens is 2. The number of benzene rings is 7. The minimum Gasteiger partial charge on any atom is -0.252 e. The molecule has 2 heterocycles. The van der Waals surface area contributed by atoms with Crippen molar-refractivity contribution in [1.82, 2.24) is 9.97 Å². The number of fused-ring (bicyclic) bond motifs is 6. The second kappa shape index (κ2) is 15.1. The zero-order chi connectivity index (χ0) is 38.1. The molecule has 0 spiro atoms. The van der Waals surface area contributed by atoms with Crippen LogP contribution in [-0.2, 0) is 6.42 Å². The van der Waals surface area contributed by atoms with E-state index in [0.29, 0.717) is 5.92 Å². The third-order valence-corrected chi connectivity index (χ3v) is 12.5. The molecule has 2 aromatic heterocycles. The third-order valence-electron chi connectivity index (χ3n) is 11.3. The van der Waals surface area contributed by atoms with E-state index in [1.807, 2.05) is 17.5 Å². The van der Waals surface area contributed by atoms with Gasteiger partial charge in [0, 0.05) is 49.2 Å². The first kappa shape index (κ1) is 34.8. The Kier molecular flexibility index (Phi) is 9.22. The first-order chi connectivity index (χ1) is 28.2. The summed E-state index contributed by atoms with van der Waals surface area (Å²) in [4.78, 5) is 10.4. The van der Waals surface area contributed by atoms with Crippen LogP contribution in [0.5, 0.6) is 0 Å². The van der Waals surface area contributed by atoms with Gasteiger partial charge in [0.05, 0.1) is 23.3 Å². The lowest BCUT2D eigenvalue weighted by Gasteiger charge is -2.18. The molecule has 272 valence electrons. The summed E-state index contributed by atoms with van der Waals surface area (Å²) < 4.78 is 2.60. The number of rotatable bonds is 6. The third kappa shape index (κ3) is 6.71. The van der Waals surface area contributed by atoms with Crippen molar-refractivity contribution in [2.75, 3.05) is 0 Å². The summed E-state index contributed by atoms with van der Waals surface area (Å²) in [6.07, 6.45) is 12.5. The van der Waals surface area contributed by atoms with Crippen molar-refractivity contribution in [2.24, 2.45) is 0 Å². The normalized spacial score (nSPS) is 13.7. The van der Waals surface area contributed by atoms with Crippen molar-refractivity contribution < 1.29 is 0 Å². The smallest absolute Gasteiger partial charge is 0.0924 e. The minimum atomic E-state index is 0.328. The van der Waals surface area contributed by atoms with Crippen molar-refractivity contribution in [3.8, 4) is 67.0 Å². The predicted molar refractivity (Wildman–Crippen MR) is 243 cm³/mol. The fraction of sp³-hybridized carbons (Fsp3) is 0.0741. The molecule has 0 radical (unpaired) electrons. The molecule has 0 saturated heterocycles. The number of nitrogens with zero attached hydrogens (tertiary/aromatic N) is 2. The monoisotopic (exact) mass is 748 g/mol. The average molecular weight is 749 g/mol. The Balaban J connectivity index is 1.06. The molecule has 1 aliphatic carbocycles. The van der Waals surface area contributed by atoms with Gasteiger partial charge in [-0.3, -0.25) is 4.98 Å². The van der Waals surface area contributed by atoms with Gasteiger partial charge in [-0.1, -0.05) is 159 Å². The topological polar surface area (TPSA) is 25.8 Å². The van der Waals surface area contributed by atoms with Crippen LogP contribution in [0.15, 0.2) is 194 Å². The van der Waals surface area contributed by atoms with Crippen molar-refractivity contribution in [3.05, 3.63) is 206 Å². The van der Waals surface area contributed by atoms with Crippen LogP contribution in [-0.4, -0.2) is 9.97 Å². The average Bonchev–Trinajstić information content (AvgIpc) is 3.66. The van der Waals surface area contributed by atoms with E-state index in [4.69, 9.17) is 9.97 Å². The highest BCUT2D eigenvalue weighted by atomic mass is 32.1. The summed E-state index contributed by atoms with van der Waals surface area (Å²) in [5.74, 6) is 0.328. The van der Waals surface area contributed by atoms with E-state index in [2.05, 4.69) is 195 Å². The summed E-state index contributed by atoms with van der Waals surface area (Å²) >= 11 is 1.88. The van der Waals surface area contributed by atoms with Crippen LogP contribution in [0.1, 0.15) is 30.5 Å². The van der Waals surface area contributed by atoms with Crippen molar-refractivity contribution >= 4 is 31.5 Å². The second-order valence-electron chi connectivity index (χ2n) is 14.8. The maximum atomic E-state index is 5.29. The van der Waals surface area contributed by atoms with Gasteiger partial charge in [-0.05, 0) is 87.3 Å². The van der Waals surface area contributed by atoms with Gasteiger partial charge in [-0.25, -0.2) is 4.98 Å². The lowest BCUT2D eigenvalue weighted by atomic mass is 9.89. The van der Waals surface area contributed by atoms with Crippen molar-refractivity contribution in [2.45, 2.75) is 25.7 Å². The van der Waals surface area contributed by atoms with Crippen LogP contribution in [0.2, 0.25) is 0 Å². The largest absolute Gasteiger partial charge is 0.252 e. The molecule has 9 aromatic rings. The quantitative estimate of drug-likeness (QED) is 0.169. The highest BCUT2D eigenvalue weighted by Gasteiger charge is 2.19. The molecule has 0 saturated carbocycles. The van der Waals surface area contributed by atoms with Gasteiger partial charge < -0.3 is 0 Å². The van der Waals surface area contributed by atoms with E-state index in [-0.39, 0.29) is 0 Å². The molecule has 1 aliphatic rings. The molecule has 1 unspecified atom stereocenters. The zero-order valence-corrected chi connectivity index (χ0v) is 32.6. The van der Waals surface area contributed by atoms with Crippen LogP contribution >= 0.6 is 11.3 Å². The first-order valence-electron chi connectivity index (χ1n) is 19.8. The molecule has 0 aliphatic heterocycles. The summed E-state index contributed by atoms with van der Waals surface area (Å²) in [5, 5.41) is 2.59. The van der Waals surface area contributed by atoms with Gasteiger partial charge in [-0.15, -0.1) is 11.3 Å². The molecule has 10 rings (SSSR count). The standard InChI is InChI=1S/C54H40N2S/c1-2-36-16-6-5-11-27-50-53(46-26-13-12-25-45(36)46)55-35-51(56-50)43-24-15-22-40(31-43)39-21-14-23-42(30-39)47-33-44(38-19-9-4-10-20-38)34-49-48-32-41(37-17-7-3-8-18-37)28-29-52(48)57-54(47)49/h3-26,28-36H,2,27H2,1H3. The molecular formula is C54H40N2S. The summed E-state index contributed by atoms with van der Waals surface area (Å²) in [5.41, 5.74) is 16.1. The first-order valence-corrected chi connectivity index (χ1v) is 20.6. The summed E-state index contributed by atoms with van der Waals surface area (Å²) in [6, 6.07) is 59.6. The van der Waals surface area contributed by atoms with Crippen LogP contribution in [0.3, 0.4) is 0 Å². The molecule has 0 N–H and O–H groups in total. The molecule has 2 nitrogen and oxygen atoms in total. The van der Waals surface area contributed by atoms with E-state index < -0.39 is 0 Å². The zero-order valence-electron chi connectivity index (χ0n) is 31.8. The highest BCUT2D eigenvalue weighted by molar-refractivity contribution is 7.26. The van der Waals surface area contributed by atoms with Gasteiger partial charge in [0.15, 0.2) is 0 Å². The summed E-state index contributed by atoms with van der Waals surface area (Å²) in [7, 11) is 0. The second-order valence-corrected chi connectivity index (χ2v) is 15.8. The Morgan fingerprint density at radius 1 is 0.544 bits per heavy atom. The van der Waals surface area contributed by atoms with Gasteiger partial charge in [-0.2, -0.15) is 0 Å². The van der Waals surface area contributed by atoms with Crippen LogP contribution < -0.4 is 0 Å². The van der Waals surface area contributed by atoms with E-state index in [1.54, 1.807) is 0 Å². The molecule has 1 atom stereocenters. The number of thiophene rings is 1. The molecule has 3 heteroatoms. The lowest BCUT2D eigenvalue weighted by molar-refractivity contribution is 0.805. The fourth-order valence-corrected chi connectivity index (χ4v) is 9.51. The van der Waals surface area contributed by atoms with Gasteiger partial charge in [0.25, 0.3) is 0 Å². The number of hydrogen-bond acceptors (Lipinski definition) is 3. The van der Waals surface area contributed by atoms with Crippen molar-refractivity contribution in [3.63, 3.8) is 0 Å². The lowest BCUT2D eigenvalue weighted by Crippen LogP contribution is -2.04. The molecule has 0 bridgehead atoms. The van der Waals surface area contributed by atoms with E-state index in [0.717, 1.165) is 41.1 Å². The SMILES string of the molecule is CCC1C=CC=CCc2nc(-c3cccc(-c4cccc(-c5cc(-c6ccccc6)cc6c5sc5ccc(-c7ccccc7)cc56)c4)c3)cnc2-c2ccccc21. The van der Waals surface area contributed by atoms with Crippen LogP contribution in [0.4, 0.5) is 0 Å². The Bertz CT molecular complexity index is 2970. The number of allylic oxidation sites excluding steroid dienone is 4. The Labute approximate surface area is 338 Å². The van der Waals surface area contributed by atoms with Gasteiger partial charge in [0.1, 0.15) is 0 Å². The van der Waals surface area contributed by atoms with Gasteiger partial charge in [0.2, 0.25) is 0 Å². The minimum absolute atomic E-state index is 0.328. The Morgan fingerprint density at radius 3 is 1.98 bits per heavy atom. The number of hydrogen-bond donors (Lipinski definition) is 0. The predicted octanol–water partition coefficient (Wildman–Crippen LogP) is 15.0. The molecule has 0 amide bonds. The Hall–Kier alpha value is -6.68. The Morgan fingerprint density at radius 2 is 1.19 bits per heavy atom. The molecule has 7 aromatic carbocycles. The van der Waals surface area contributed by atoms with Gasteiger partial charge >= 0.3 is 0 Å². The van der Waals surface area contributed by atoms with E-state index in [1.165, 1.54) is 70.2 Å². The van der Waals surface area contributed by atoms with Crippen LogP contribution in [0, 0.1) is 0 Å². The highest BCUT2D eigenvalue weighted by Crippen LogP contribution is 2.44. The fourth-order valence-electron chi connectivity index (χ4n) is 8.31. The van der Waals surface area contributed by atoms with Crippen LogP contribution in [0.25, 0.3) is 87.2 Å². The molecule has 57 heavy (non-hydrogen) atoms. The molecular weight excluding hydrogens is 709 g/mol. The van der Waals surface area contributed by atoms with E-state index in [9.17, 15) is 0 Å². The molecule has 0 fully saturated rings. The van der Waals surface area contributed by atoms with E-state index >= 15 is 0 Å². The maximum Gasteiger partial charge on any atom is 0.0924 e. The summed E-state index contributed by atoms with van der Waals surface area (Å²) in [6.45, 7) is 2.24. The maximum absolute atomic E-state index is 5.29.